The van der Waals surface area contributed by atoms with Crippen LogP contribution in [0.25, 0.3) is 5.57 Å². The molecule has 5 rings (SSSR count). The third-order valence-corrected chi connectivity index (χ3v) is 5.79. The van der Waals surface area contributed by atoms with Crippen molar-refractivity contribution in [2.45, 2.75) is 11.8 Å². The molecule has 134 valence electrons. The van der Waals surface area contributed by atoms with Gasteiger partial charge in [-0.25, -0.2) is 0 Å². The van der Waals surface area contributed by atoms with Crippen LogP contribution in [-0.4, -0.2) is 0 Å². The lowest BCUT2D eigenvalue weighted by molar-refractivity contribution is 0.881. The number of benzene rings is 4. The fraction of sp³-hybridized carbons (Fsp3) is 0.0714. The van der Waals surface area contributed by atoms with E-state index in [1.807, 2.05) is 0 Å². The number of hydrogen-bond acceptors (Lipinski definition) is 0. The summed E-state index contributed by atoms with van der Waals surface area (Å²) in [7, 11) is 0. The molecule has 0 amide bonds. The fourth-order valence-electron chi connectivity index (χ4n) is 4.41. The summed E-state index contributed by atoms with van der Waals surface area (Å²) in [6, 6.07) is 43.5. The average Bonchev–Trinajstić information content (AvgIpc) is 3.53. The van der Waals surface area contributed by atoms with Crippen molar-refractivity contribution >= 4 is 5.57 Å². The van der Waals surface area contributed by atoms with Gasteiger partial charge in [0.25, 0.3) is 0 Å². The van der Waals surface area contributed by atoms with Gasteiger partial charge in [0, 0.05) is 5.41 Å². The van der Waals surface area contributed by atoms with Crippen LogP contribution in [0.1, 0.15) is 28.7 Å². The van der Waals surface area contributed by atoms with Crippen LogP contribution < -0.4 is 0 Å². The van der Waals surface area contributed by atoms with Crippen LogP contribution in [0.3, 0.4) is 0 Å². The Kier molecular flexibility index (Phi) is 4.18. The molecule has 0 unspecified atom stereocenters. The second-order valence-electron chi connectivity index (χ2n) is 7.40. The molecule has 28 heavy (non-hydrogen) atoms. The highest BCUT2D eigenvalue weighted by Crippen LogP contribution is 2.61. The summed E-state index contributed by atoms with van der Waals surface area (Å²) < 4.78 is 0. The molecule has 0 nitrogen and oxygen atoms in total. The Morgan fingerprint density at radius 3 is 1.21 bits per heavy atom. The van der Waals surface area contributed by atoms with E-state index >= 15 is 0 Å². The van der Waals surface area contributed by atoms with Crippen molar-refractivity contribution in [1.82, 2.24) is 0 Å². The Morgan fingerprint density at radius 1 is 0.464 bits per heavy atom. The maximum atomic E-state index is 2.27. The Hall–Kier alpha value is -3.38. The average molecular weight is 358 g/mol. The molecule has 1 aliphatic carbocycles. The molecule has 4 aromatic carbocycles. The molecular weight excluding hydrogens is 336 g/mol. The van der Waals surface area contributed by atoms with E-state index in [2.05, 4.69) is 121 Å². The summed E-state index contributed by atoms with van der Waals surface area (Å²) in [6.07, 6.45) is 1.06. The topological polar surface area (TPSA) is 0 Å². The molecule has 0 aromatic heterocycles. The first-order valence-corrected chi connectivity index (χ1v) is 9.85. The van der Waals surface area contributed by atoms with Gasteiger partial charge in [0.15, 0.2) is 0 Å². The second kappa shape index (κ2) is 6.98. The van der Waals surface area contributed by atoms with Crippen LogP contribution >= 0.6 is 0 Å². The Labute approximate surface area is 166 Å². The minimum absolute atomic E-state index is 0.0382. The summed E-state index contributed by atoms with van der Waals surface area (Å²) in [5, 5.41) is 0. The fourth-order valence-corrected chi connectivity index (χ4v) is 4.41. The van der Waals surface area contributed by atoms with Gasteiger partial charge in [0.2, 0.25) is 0 Å². The molecule has 0 spiro atoms. The first kappa shape index (κ1) is 16.8. The minimum Gasteiger partial charge on any atom is -0.0622 e. The van der Waals surface area contributed by atoms with Gasteiger partial charge < -0.3 is 0 Å². The molecule has 1 saturated carbocycles. The zero-order valence-corrected chi connectivity index (χ0v) is 15.8. The zero-order chi connectivity index (χ0) is 18.8. The lowest BCUT2D eigenvalue weighted by atomic mass is 9.84. The number of rotatable bonds is 4. The monoisotopic (exact) mass is 358 g/mol. The van der Waals surface area contributed by atoms with Crippen molar-refractivity contribution in [3.8, 4) is 0 Å². The van der Waals surface area contributed by atoms with Crippen molar-refractivity contribution in [3.05, 3.63) is 149 Å². The predicted octanol–water partition coefficient (Wildman–Crippen LogP) is 6.88. The smallest absolute Gasteiger partial charge is 0.0458 e. The summed E-state index contributed by atoms with van der Waals surface area (Å²) in [6.45, 7) is 0. The van der Waals surface area contributed by atoms with E-state index in [-0.39, 0.29) is 5.41 Å². The largest absolute Gasteiger partial charge is 0.0622 e. The van der Waals surface area contributed by atoms with Gasteiger partial charge in [-0.3, -0.25) is 0 Å². The first-order valence-electron chi connectivity index (χ1n) is 9.85. The molecule has 0 heterocycles. The van der Waals surface area contributed by atoms with E-state index in [1.165, 1.54) is 33.4 Å². The minimum atomic E-state index is -0.0382. The SMILES string of the molecule is c1ccc(C(=C2CC2(c2ccccc2)c2ccccc2)c2ccccc2)cc1. The van der Waals surface area contributed by atoms with Gasteiger partial charge in [0.05, 0.1) is 0 Å². The quantitative estimate of drug-likeness (QED) is 0.373. The van der Waals surface area contributed by atoms with Crippen LogP contribution in [0.15, 0.2) is 127 Å². The summed E-state index contributed by atoms with van der Waals surface area (Å²) >= 11 is 0. The van der Waals surface area contributed by atoms with Crippen molar-refractivity contribution in [2.75, 3.05) is 0 Å². The van der Waals surface area contributed by atoms with Crippen molar-refractivity contribution in [1.29, 1.82) is 0 Å². The van der Waals surface area contributed by atoms with E-state index in [4.69, 9.17) is 0 Å². The van der Waals surface area contributed by atoms with E-state index in [9.17, 15) is 0 Å². The van der Waals surface area contributed by atoms with Crippen LogP contribution in [0.2, 0.25) is 0 Å². The van der Waals surface area contributed by atoms with E-state index < -0.39 is 0 Å². The lowest BCUT2D eigenvalue weighted by Gasteiger charge is -2.18. The van der Waals surface area contributed by atoms with Gasteiger partial charge in [-0.2, -0.15) is 0 Å². The molecule has 0 bridgehead atoms. The highest BCUT2D eigenvalue weighted by atomic mass is 14.5. The first-order chi connectivity index (χ1) is 13.9. The standard InChI is InChI=1S/C28H22/c1-5-13-22(14-6-1)27(23-15-7-2-8-16-23)26-21-28(26,24-17-9-3-10-18-24)25-19-11-4-12-20-25/h1-20H,21H2. The van der Waals surface area contributed by atoms with Gasteiger partial charge in [0.1, 0.15) is 0 Å². The maximum Gasteiger partial charge on any atom is 0.0458 e. The van der Waals surface area contributed by atoms with Crippen LogP contribution in [0.5, 0.6) is 0 Å². The predicted molar refractivity (Wildman–Crippen MR) is 117 cm³/mol. The van der Waals surface area contributed by atoms with Crippen molar-refractivity contribution in [2.24, 2.45) is 0 Å². The Morgan fingerprint density at radius 2 is 0.821 bits per heavy atom. The third kappa shape index (κ3) is 2.78. The van der Waals surface area contributed by atoms with Crippen LogP contribution in [0.4, 0.5) is 0 Å². The van der Waals surface area contributed by atoms with Gasteiger partial charge in [-0.05, 0) is 39.8 Å². The lowest BCUT2D eigenvalue weighted by Crippen LogP contribution is -2.10. The molecule has 1 aliphatic rings. The molecule has 0 heteroatoms. The summed E-state index contributed by atoms with van der Waals surface area (Å²) in [5.74, 6) is 0. The highest BCUT2D eigenvalue weighted by molar-refractivity contribution is 5.88. The van der Waals surface area contributed by atoms with E-state index in [0.29, 0.717) is 0 Å². The van der Waals surface area contributed by atoms with E-state index in [1.54, 1.807) is 0 Å². The van der Waals surface area contributed by atoms with Gasteiger partial charge in [-0.1, -0.05) is 121 Å². The molecule has 0 aliphatic heterocycles. The Balaban J connectivity index is 1.78. The number of hydrogen-bond donors (Lipinski definition) is 0. The molecule has 1 fully saturated rings. The van der Waals surface area contributed by atoms with E-state index in [0.717, 1.165) is 6.42 Å². The number of allylic oxidation sites excluding steroid dienone is 1. The second-order valence-corrected chi connectivity index (χ2v) is 7.40. The molecule has 0 atom stereocenters. The van der Waals surface area contributed by atoms with Crippen LogP contribution in [0, 0.1) is 0 Å². The normalized spacial score (nSPS) is 14.5. The summed E-state index contributed by atoms with van der Waals surface area (Å²) in [4.78, 5) is 0. The summed E-state index contributed by atoms with van der Waals surface area (Å²) in [5.41, 5.74) is 8.16. The molecular formula is C28H22. The molecule has 0 radical (unpaired) electrons. The molecule has 0 N–H and O–H groups in total. The highest BCUT2D eigenvalue weighted by Gasteiger charge is 2.53. The van der Waals surface area contributed by atoms with Crippen molar-refractivity contribution < 1.29 is 0 Å². The van der Waals surface area contributed by atoms with Crippen molar-refractivity contribution in [3.63, 3.8) is 0 Å². The zero-order valence-electron chi connectivity index (χ0n) is 15.8. The van der Waals surface area contributed by atoms with Gasteiger partial charge >= 0.3 is 0 Å². The van der Waals surface area contributed by atoms with Gasteiger partial charge in [-0.15, -0.1) is 0 Å². The third-order valence-electron chi connectivity index (χ3n) is 5.79. The molecule has 0 saturated heterocycles. The Bertz CT molecular complexity index is 1010. The maximum absolute atomic E-state index is 2.27. The molecule has 4 aromatic rings. The van der Waals surface area contributed by atoms with Crippen LogP contribution in [-0.2, 0) is 5.41 Å².